The minimum Gasteiger partial charge on any atom is -0.497 e. The molecule has 48 heavy (non-hydrogen) atoms. The third-order valence-electron chi connectivity index (χ3n) is 9.80. The normalized spacial score (nSPS) is 13.5. The third kappa shape index (κ3) is 4.46. The molecule has 4 aromatic carbocycles. The summed E-state index contributed by atoms with van der Waals surface area (Å²) in [5.41, 5.74) is 12.3. The molecule has 0 fully saturated rings. The molecule has 0 bridgehead atoms. The van der Waals surface area contributed by atoms with Gasteiger partial charge in [0.05, 0.1) is 11.0 Å². The Hall–Kier alpha value is -4.79. The first-order valence-corrected chi connectivity index (χ1v) is 16.2. The summed E-state index contributed by atoms with van der Waals surface area (Å²) in [5.74, 6) is 1.23. The smallest absolute Gasteiger partial charge is 0.497 e. The first-order chi connectivity index (χ1) is 22.7. The maximum Gasteiger partial charge on any atom is 2.00 e. The average Bonchev–Trinajstić information content (AvgIpc) is 3.68. The van der Waals surface area contributed by atoms with Crippen molar-refractivity contribution >= 4 is 27.2 Å². The molecule has 0 atom stereocenters. The summed E-state index contributed by atoms with van der Waals surface area (Å²) in [5, 5.41) is 3.56. The molecule has 1 aliphatic carbocycles. The molecule has 0 aliphatic heterocycles. The molecule has 0 amide bonds. The average molecular weight is 803 g/mol. The first-order valence-electron chi connectivity index (χ1n) is 16.2. The Morgan fingerprint density at radius 3 is 2.25 bits per heavy atom. The molecular weight excluding hydrogens is 770 g/mol. The molecule has 0 N–H and O–H groups in total. The van der Waals surface area contributed by atoms with Crippen LogP contribution in [0, 0.1) is 12.1 Å². The fourth-order valence-electron chi connectivity index (χ4n) is 7.54. The second kappa shape index (κ2) is 10.9. The van der Waals surface area contributed by atoms with E-state index in [4.69, 9.17) is 9.72 Å². The van der Waals surface area contributed by atoms with Crippen molar-refractivity contribution in [3.05, 3.63) is 138 Å². The van der Waals surface area contributed by atoms with Crippen LogP contribution in [0.15, 0.2) is 109 Å². The van der Waals surface area contributed by atoms with Crippen molar-refractivity contribution in [1.82, 2.24) is 14.4 Å². The van der Waals surface area contributed by atoms with Gasteiger partial charge in [-0.05, 0) is 51.0 Å². The molecule has 5 heteroatoms. The summed E-state index contributed by atoms with van der Waals surface area (Å²) in [4.78, 5) is 9.80. The maximum atomic E-state index is 6.41. The Bertz CT molecular complexity index is 2520. The van der Waals surface area contributed by atoms with E-state index in [0.29, 0.717) is 11.5 Å². The second-order valence-corrected chi connectivity index (χ2v) is 14.1. The fraction of sp³-hybridized carbons (Fsp3) is 0.163. The largest absolute Gasteiger partial charge is 2.00 e. The number of benzene rings is 4. The van der Waals surface area contributed by atoms with Crippen molar-refractivity contribution in [1.29, 1.82) is 0 Å². The van der Waals surface area contributed by atoms with Crippen LogP contribution in [0.2, 0.25) is 0 Å². The molecule has 4 aromatic heterocycles. The molecule has 0 radical (unpaired) electrons. The SMILES string of the molecule is CC(C)(C)c1ccnc(-c2[c-]c(Oc3[c-]c(-c4ncc5c6ccccc6n6c7c(c4c56)-c4ccccc4C7(C)C)ccc3)ccc2)c1.[Pt+2]. The Morgan fingerprint density at radius 2 is 1.46 bits per heavy atom. The van der Waals surface area contributed by atoms with Crippen LogP contribution in [-0.2, 0) is 31.9 Å². The molecule has 4 nitrogen and oxygen atoms in total. The van der Waals surface area contributed by atoms with Gasteiger partial charge in [0, 0.05) is 51.3 Å². The summed E-state index contributed by atoms with van der Waals surface area (Å²) in [7, 11) is 0. The van der Waals surface area contributed by atoms with Gasteiger partial charge in [-0.2, -0.15) is 0 Å². The maximum absolute atomic E-state index is 6.41. The van der Waals surface area contributed by atoms with Crippen molar-refractivity contribution in [2.24, 2.45) is 0 Å². The number of para-hydroxylation sites is 1. The number of hydrogen-bond donors (Lipinski definition) is 0. The first kappa shape index (κ1) is 30.5. The van der Waals surface area contributed by atoms with E-state index in [2.05, 4.69) is 123 Å². The number of pyridine rings is 2. The van der Waals surface area contributed by atoms with Gasteiger partial charge in [-0.25, -0.2) is 0 Å². The van der Waals surface area contributed by atoms with Gasteiger partial charge in [-0.3, -0.25) is 0 Å². The molecule has 0 spiro atoms. The predicted molar refractivity (Wildman–Crippen MR) is 191 cm³/mol. The summed E-state index contributed by atoms with van der Waals surface area (Å²) in [6.45, 7) is 11.3. The van der Waals surface area contributed by atoms with E-state index in [1.54, 1.807) is 0 Å². The van der Waals surface area contributed by atoms with Gasteiger partial charge in [-0.15, -0.1) is 47.5 Å². The molecular formula is C43H33N3OPt. The van der Waals surface area contributed by atoms with Crippen LogP contribution >= 0.6 is 0 Å². The number of ether oxygens (including phenoxy) is 1. The van der Waals surface area contributed by atoms with Gasteiger partial charge in [0.25, 0.3) is 0 Å². The van der Waals surface area contributed by atoms with E-state index in [0.717, 1.165) is 22.5 Å². The number of fused-ring (bicyclic) bond motifs is 8. The quantitative estimate of drug-likeness (QED) is 0.166. The fourth-order valence-corrected chi connectivity index (χ4v) is 7.54. The van der Waals surface area contributed by atoms with Crippen LogP contribution in [0.3, 0.4) is 0 Å². The minimum atomic E-state index is -0.173. The Morgan fingerprint density at radius 1 is 0.750 bits per heavy atom. The van der Waals surface area contributed by atoms with E-state index < -0.39 is 0 Å². The molecule has 9 rings (SSSR count). The van der Waals surface area contributed by atoms with Gasteiger partial charge in [-0.1, -0.05) is 95.3 Å². The van der Waals surface area contributed by atoms with E-state index in [1.807, 2.05) is 42.7 Å². The topological polar surface area (TPSA) is 39.4 Å². The second-order valence-electron chi connectivity index (χ2n) is 14.1. The third-order valence-corrected chi connectivity index (χ3v) is 9.80. The zero-order chi connectivity index (χ0) is 32.1. The Balaban J connectivity index is 0.00000336. The van der Waals surface area contributed by atoms with Crippen LogP contribution in [0.25, 0.3) is 60.8 Å². The van der Waals surface area contributed by atoms with Crippen molar-refractivity contribution < 1.29 is 25.8 Å². The van der Waals surface area contributed by atoms with Crippen LogP contribution < -0.4 is 4.74 Å². The van der Waals surface area contributed by atoms with Gasteiger partial charge in [0.15, 0.2) is 0 Å². The van der Waals surface area contributed by atoms with Crippen molar-refractivity contribution in [2.45, 2.75) is 45.4 Å². The van der Waals surface area contributed by atoms with Crippen molar-refractivity contribution in [2.75, 3.05) is 0 Å². The van der Waals surface area contributed by atoms with Crippen LogP contribution in [-0.4, -0.2) is 14.4 Å². The van der Waals surface area contributed by atoms with Gasteiger partial charge < -0.3 is 19.1 Å². The van der Waals surface area contributed by atoms with Crippen LogP contribution in [0.5, 0.6) is 11.5 Å². The zero-order valence-corrected chi connectivity index (χ0v) is 29.7. The van der Waals surface area contributed by atoms with E-state index in [9.17, 15) is 0 Å². The van der Waals surface area contributed by atoms with Crippen molar-refractivity contribution in [3.63, 3.8) is 0 Å². The summed E-state index contributed by atoms with van der Waals surface area (Å²) >= 11 is 0. The standard InChI is InChI=1S/C43H33N3O.Pt/c1-42(2,3)28-20-21-44-35(24-28)26-12-10-14-29(22-26)47-30-15-11-13-27(23-30)39-38-37-32-17-6-8-18-34(32)43(4,5)41(37)46-36-19-9-7-16-31(36)33(25-45-39)40(38)46;/h6-21,24-25H,1-5H3;/q-2;+2. The molecule has 4 heterocycles. The Kier molecular flexibility index (Phi) is 6.91. The molecule has 0 unspecified atom stereocenters. The van der Waals surface area contributed by atoms with E-state index in [-0.39, 0.29) is 31.9 Å². The Labute approximate surface area is 295 Å². The molecule has 236 valence electrons. The van der Waals surface area contributed by atoms with Gasteiger partial charge in [0.1, 0.15) is 0 Å². The zero-order valence-electron chi connectivity index (χ0n) is 27.5. The number of hydrogen-bond acceptors (Lipinski definition) is 3. The van der Waals surface area contributed by atoms with Crippen molar-refractivity contribution in [3.8, 4) is 45.1 Å². The van der Waals surface area contributed by atoms with Gasteiger partial charge in [0.2, 0.25) is 0 Å². The van der Waals surface area contributed by atoms with Crippen LogP contribution in [0.1, 0.15) is 51.4 Å². The molecule has 1 aliphatic rings. The van der Waals surface area contributed by atoms with E-state index >= 15 is 0 Å². The summed E-state index contributed by atoms with van der Waals surface area (Å²) in [6, 6.07) is 40.7. The summed E-state index contributed by atoms with van der Waals surface area (Å²) < 4.78 is 8.90. The monoisotopic (exact) mass is 802 g/mol. The number of aromatic nitrogens is 3. The predicted octanol–water partition coefficient (Wildman–Crippen LogP) is 10.8. The molecule has 0 saturated heterocycles. The van der Waals surface area contributed by atoms with Gasteiger partial charge >= 0.3 is 21.1 Å². The number of nitrogens with zero attached hydrogens (tertiary/aromatic N) is 3. The van der Waals surface area contributed by atoms with E-state index in [1.165, 1.54) is 55.1 Å². The molecule has 8 aromatic rings. The number of rotatable bonds is 4. The van der Waals surface area contributed by atoms with Crippen LogP contribution in [0.4, 0.5) is 0 Å². The minimum absolute atomic E-state index is 0. The summed E-state index contributed by atoms with van der Waals surface area (Å²) in [6.07, 6.45) is 3.90. The molecule has 0 saturated carbocycles.